The first-order valence-electron chi connectivity index (χ1n) is 7.78. The molecule has 0 unspecified atom stereocenters. The normalized spacial score (nSPS) is 18.8. The highest BCUT2D eigenvalue weighted by atomic mass is 35.5. The molecule has 1 N–H and O–H groups in total. The number of fused-ring (bicyclic) bond motifs is 1. The average Bonchev–Trinajstić information content (AvgIpc) is 2.94. The number of likely N-dealkylation sites (N-methyl/N-ethyl adjacent to an activating group) is 1. The molecule has 0 bridgehead atoms. The summed E-state index contributed by atoms with van der Waals surface area (Å²) in [6, 6.07) is 4.08. The van der Waals surface area contributed by atoms with Crippen LogP contribution < -0.4 is 10.1 Å². The van der Waals surface area contributed by atoms with Gasteiger partial charge in [0.15, 0.2) is 0 Å². The third-order valence-corrected chi connectivity index (χ3v) is 4.49. The molecule has 2 aliphatic rings. The fourth-order valence-corrected chi connectivity index (χ4v) is 3.34. The molecule has 4 nitrogen and oxygen atoms in total. The first-order valence-corrected chi connectivity index (χ1v) is 8.16. The summed E-state index contributed by atoms with van der Waals surface area (Å²) in [5.74, 6) is 1.06. The van der Waals surface area contributed by atoms with Gasteiger partial charge in [0.2, 0.25) is 0 Å². The van der Waals surface area contributed by atoms with Gasteiger partial charge < -0.3 is 15.0 Å². The third-order valence-electron chi connectivity index (χ3n) is 4.27. The Hall–Kier alpha value is -0.810. The molecule has 1 aromatic rings. The fourth-order valence-electron chi connectivity index (χ4n) is 3.08. The maximum atomic E-state index is 6.22. The van der Waals surface area contributed by atoms with E-state index in [1.807, 2.05) is 12.1 Å². The number of hydrogen-bond acceptors (Lipinski definition) is 4. The minimum absolute atomic E-state index is 0.785. The first kappa shape index (κ1) is 15.1. The Kier molecular flexibility index (Phi) is 5.01. The van der Waals surface area contributed by atoms with Gasteiger partial charge >= 0.3 is 0 Å². The van der Waals surface area contributed by atoms with Gasteiger partial charge in [0.05, 0.1) is 6.61 Å². The van der Waals surface area contributed by atoms with Crippen LogP contribution in [0.4, 0.5) is 0 Å². The van der Waals surface area contributed by atoms with Crippen molar-refractivity contribution in [1.82, 2.24) is 15.1 Å². The van der Waals surface area contributed by atoms with E-state index in [1.54, 1.807) is 0 Å². The van der Waals surface area contributed by atoms with E-state index >= 15 is 0 Å². The molecule has 1 aromatic carbocycles. The second-order valence-electron chi connectivity index (χ2n) is 5.98. The number of nitrogens with one attached hydrogen (secondary N) is 1. The molecule has 21 heavy (non-hydrogen) atoms. The van der Waals surface area contributed by atoms with Crippen molar-refractivity contribution in [2.45, 2.75) is 13.0 Å². The molecule has 0 amide bonds. The van der Waals surface area contributed by atoms with Gasteiger partial charge in [-0.2, -0.15) is 0 Å². The topological polar surface area (TPSA) is 27.7 Å². The molecule has 0 radical (unpaired) electrons. The zero-order chi connectivity index (χ0) is 14.7. The van der Waals surface area contributed by atoms with Gasteiger partial charge in [-0.25, -0.2) is 0 Å². The minimum atomic E-state index is 0.785. The molecule has 116 valence electrons. The van der Waals surface area contributed by atoms with Crippen LogP contribution in [0.2, 0.25) is 5.02 Å². The SMILES string of the molecule is CN(CCN1CCNCC1)Cc1cc(Cl)cc2c1OCC2. The molecule has 1 saturated heterocycles. The van der Waals surface area contributed by atoms with Crippen LogP contribution in [0.3, 0.4) is 0 Å². The predicted molar refractivity (Wildman–Crippen MR) is 86.3 cm³/mol. The standard InChI is InChI=1S/C16H24ClN3O/c1-19(7-8-20-5-3-18-4-6-20)12-14-11-15(17)10-13-2-9-21-16(13)14/h10-11,18H,2-9,12H2,1H3. The van der Waals surface area contributed by atoms with Crippen molar-refractivity contribution in [3.8, 4) is 5.75 Å². The van der Waals surface area contributed by atoms with Crippen LogP contribution in [0.1, 0.15) is 11.1 Å². The highest BCUT2D eigenvalue weighted by Gasteiger charge is 2.18. The Morgan fingerprint density at radius 2 is 2.14 bits per heavy atom. The number of halogens is 1. The Morgan fingerprint density at radius 1 is 1.33 bits per heavy atom. The van der Waals surface area contributed by atoms with Crippen LogP contribution >= 0.6 is 11.6 Å². The van der Waals surface area contributed by atoms with E-state index in [0.717, 1.165) is 69.6 Å². The maximum Gasteiger partial charge on any atom is 0.127 e. The summed E-state index contributed by atoms with van der Waals surface area (Å²) in [5.41, 5.74) is 2.48. The highest BCUT2D eigenvalue weighted by Crippen LogP contribution is 2.33. The van der Waals surface area contributed by atoms with Crippen LogP contribution in [-0.2, 0) is 13.0 Å². The van der Waals surface area contributed by atoms with Gasteiger partial charge in [0.25, 0.3) is 0 Å². The molecule has 1 fully saturated rings. The number of benzene rings is 1. The molecule has 0 spiro atoms. The molecular formula is C16H24ClN3O. The fraction of sp³-hybridized carbons (Fsp3) is 0.625. The smallest absolute Gasteiger partial charge is 0.127 e. The number of rotatable bonds is 5. The van der Waals surface area contributed by atoms with E-state index in [1.165, 1.54) is 11.1 Å². The van der Waals surface area contributed by atoms with E-state index in [9.17, 15) is 0 Å². The van der Waals surface area contributed by atoms with Gasteiger partial charge in [-0.1, -0.05) is 11.6 Å². The van der Waals surface area contributed by atoms with Gasteiger partial charge in [0, 0.05) is 62.8 Å². The number of hydrogen-bond donors (Lipinski definition) is 1. The Morgan fingerprint density at radius 3 is 2.95 bits per heavy atom. The zero-order valence-corrected chi connectivity index (χ0v) is 13.5. The lowest BCUT2D eigenvalue weighted by atomic mass is 10.1. The lowest BCUT2D eigenvalue weighted by Crippen LogP contribution is -2.45. The van der Waals surface area contributed by atoms with E-state index < -0.39 is 0 Å². The van der Waals surface area contributed by atoms with Gasteiger partial charge in [-0.05, 0) is 24.7 Å². The molecule has 3 rings (SSSR count). The van der Waals surface area contributed by atoms with Crippen molar-refractivity contribution >= 4 is 11.6 Å². The summed E-state index contributed by atoms with van der Waals surface area (Å²) >= 11 is 6.22. The summed E-state index contributed by atoms with van der Waals surface area (Å²) < 4.78 is 5.78. The van der Waals surface area contributed by atoms with Gasteiger partial charge in [-0.3, -0.25) is 4.90 Å². The molecule has 0 atom stereocenters. The maximum absolute atomic E-state index is 6.22. The minimum Gasteiger partial charge on any atom is -0.493 e. The summed E-state index contributed by atoms with van der Waals surface area (Å²) in [4.78, 5) is 4.88. The van der Waals surface area contributed by atoms with Crippen molar-refractivity contribution in [2.75, 3.05) is 52.9 Å². The predicted octanol–water partition coefficient (Wildman–Crippen LogP) is 1.61. The van der Waals surface area contributed by atoms with E-state index in [0.29, 0.717) is 0 Å². The van der Waals surface area contributed by atoms with Crippen LogP contribution in [0.15, 0.2) is 12.1 Å². The number of piperazine rings is 1. The van der Waals surface area contributed by atoms with Crippen molar-refractivity contribution in [3.05, 3.63) is 28.3 Å². The highest BCUT2D eigenvalue weighted by molar-refractivity contribution is 6.30. The van der Waals surface area contributed by atoms with Crippen molar-refractivity contribution in [2.24, 2.45) is 0 Å². The van der Waals surface area contributed by atoms with E-state index in [2.05, 4.69) is 22.2 Å². The van der Waals surface area contributed by atoms with Crippen LogP contribution in [0, 0.1) is 0 Å². The lowest BCUT2D eigenvalue weighted by molar-refractivity contribution is 0.201. The summed E-state index contributed by atoms with van der Waals surface area (Å²) in [5, 5.41) is 4.21. The summed E-state index contributed by atoms with van der Waals surface area (Å²) in [6.45, 7) is 8.41. The van der Waals surface area contributed by atoms with E-state index in [-0.39, 0.29) is 0 Å². The van der Waals surface area contributed by atoms with Crippen LogP contribution in [0.5, 0.6) is 5.75 Å². The molecule has 2 aliphatic heterocycles. The largest absolute Gasteiger partial charge is 0.493 e. The molecule has 5 heteroatoms. The monoisotopic (exact) mass is 309 g/mol. The van der Waals surface area contributed by atoms with Crippen molar-refractivity contribution in [1.29, 1.82) is 0 Å². The second kappa shape index (κ2) is 6.97. The summed E-state index contributed by atoms with van der Waals surface area (Å²) in [6.07, 6.45) is 0.980. The van der Waals surface area contributed by atoms with E-state index in [4.69, 9.17) is 16.3 Å². The first-order chi connectivity index (χ1) is 10.2. The second-order valence-corrected chi connectivity index (χ2v) is 6.42. The Labute approximate surface area is 132 Å². The quantitative estimate of drug-likeness (QED) is 0.894. The zero-order valence-electron chi connectivity index (χ0n) is 12.7. The number of ether oxygens (including phenoxy) is 1. The van der Waals surface area contributed by atoms with Gasteiger partial charge in [0.1, 0.15) is 5.75 Å². The molecular weight excluding hydrogens is 286 g/mol. The third kappa shape index (κ3) is 3.89. The molecule has 0 aliphatic carbocycles. The Bertz CT molecular complexity index is 489. The average molecular weight is 310 g/mol. The Balaban J connectivity index is 1.56. The summed E-state index contributed by atoms with van der Waals surface area (Å²) in [7, 11) is 2.17. The van der Waals surface area contributed by atoms with Crippen molar-refractivity contribution in [3.63, 3.8) is 0 Å². The van der Waals surface area contributed by atoms with Crippen LogP contribution in [-0.4, -0.2) is 62.7 Å². The number of nitrogens with zero attached hydrogens (tertiary/aromatic N) is 2. The van der Waals surface area contributed by atoms with Crippen LogP contribution in [0.25, 0.3) is 0 Å². The molecule has 0 aromatic heterocycles. The molecule has 2 heterocycles. The van der Waals surface area contributed by atoms with Gasteiger partial charge in [-0.15, -0.1) is 0 Å². The molecule has 0 saturated carbocycles. The lowest BCUT2D eigenvalue weighted by Gasteiger charge is -2.29. The van der Waals surface area contributed by atoms with Crippen molar-refractivity contribution < 1.29 is 4.74 Å².